The van der Waals surface area contributed by atoms with Gasteiger partial charge < -0.3 is 9.64 Å². The smallest absolute Gasteiger partial charge is 0.334 e. The Kier molecular flexibility index (Phi) is 5.66. The summed E-state index contributed by atoms with van der Waals surface area (Å²) in [6.45, 7) is 4.68. The zero-order chi connectivity index (χ0) is 21.0. The number of nitrogens with zero attached hydrogens (tertiary/aromatic N) is 2. The second-order valence-electron chi connectivity index (χ2n) is 7.57. The molecular weight excluding hydrogens is 372 g/mol. The molecule has 0 aliphatic carbocycles. The molecule has 0 saturated heterocycles. The molecule has 4 heteroatoms. The van der Waals surface area contributed by atoms with Gasteiger partial charge in [-0.2, -0.15) is 0 Å². The summed E-state index contributed by atoms with van der Waals surface area (Å²) in [4.78, 5) is 20.6. The van der Waals surface area contributed by atoms with E-state index in [1.54, 1.807) is 0 Å². The number of hydrogen-bond acceptors (Lipinski definition) is 4. The Labute approximate surface area is 177 Å². The average Bonchev–Trinajstić information content (AvgIpc) is 3.09. The second kappa shape index (κ2) is 8.54. The van der Waals surface area contributed by atoms with Crippen molar-refractivity contribution in [1.82, 2.24) is 4.90 Å². The number of esters is 1. The molecular formula is C26H26N2O2. The van der Waals surface area contributed by atoms with E-state index >= 15 is 0 Å². The lowest BCUT2D eigenvalue weighted by Gasteiger charge is -2.38. The molecule has 1 aliphatic heterocycles. The van der Waals surface area contributed by atoms with Crippen molar-refractivity contribution in [2.75, 3.05) is 6.61 Å². The van der Waals surface area contributed by atoms with Gasteiger partial charge in [-0.3, -0.25) is 4.99 Å². The van der Waals surface area contributed by atoms with Crippen LogP contribution in [0, 0.1) is 0 Å². The number of rotatable bonds is 6. The minimum atomic E-state index is -0.960. The molecule has 30 heavy (non-hydrogen) atoms. The number of hydrogen-bond donors (Lipinski definition) is 0. The minimum absolute atomic E-state index is 0.260. The van der Waals surface area contributed by atoms with Crippen LogP contribution in [-0.2, 0) is 16.1 Å². The van der Waals surface area contributed by atoms with Crippen molar-refractivity contribution >= 4 is 11.8 Å². The van der Waals surface area contributed by atoms with Gasteiger partial charge in [-0.25, -0.2) is 4.79 Å². The highest BCUT2D eigenvalue weighted by atomic mass is 16.5. The molecule has 3 aromatic rings. The third-order valence-electron chi connectivity index (χ3n) is 5.62. The van der Waals surface area contributed by atoms with Crippen LogP contribution in [0.2, 0.25) is 0 Å². The minimum Gasteiger partial charge on any atom is -0.464 e. The fraction of sp³-hybridized carbons (Fsp3) is 0.231. The van der Waals surface area contributed by atoms with E-state index in [4.69, 9.17) is 9.73 Å². The van der Waals surface area contributed by atoms with E-state index in [-0.39, 0.29) is 12.0 Å². The van der Waals surface area contributed by atoms with E-state index in [0.29, 0.717) is 13.2 Å². The Morgan fingerprint density at radius 2 is 1.50 bits per heavy atom. The van der Waals surface area contributed by atoms with Gasteiger partial charge in [0.25, 0.3) is 0 Å². The lowest BCUT2D eigenvalue weighted by atomic mass is 9.86. The Morgan fingerprint density at radius 3 is 2.10 bits per heavy atom. The van der Waals surface area contributed by atoms with Gasteiger partial charge in [0.05, 0.1) is 6.61 Å². The number of amidine groups is 1. The van der Waals surface area contributed by atoms with E-state index in [1.165, 1.54) is 0 Å². The maximum absolute atomic E-state index is 13.4. The Hall–Kier alpha value is -3.40. The van der Waals surface area contributed by atoms with Crippen molar-refractivity contribution in [3.63, 3.8) is 0 Å². The van der Waals surface area contributed by atoms with Crippen LogP contribution in [0.4, 0.5) is 0 Å². The topological polar surface area (TPSA) is 41.9 Å². The van der Waals surface area contributed by atoms with Crippen molar-refractivity contribution in [1.29, 1.82) is 0 Å². The lowest BCUT2D eigenvalue weighted by Crippen LogP contribution is -2.54. The van der Waals surface area contributed by atoms with Crippen LogP contribution in [0.15, 0.2) is 96.0 Å². The van der Waals surface area contributed by atoms with Gasteiger partial charge in [0.2, 0.25) is 0 Å². The van der Waals surface area contributed by atoms with Gasteiger partial charge >= 0.3 is 5.97 Å². The molecule has 0 amide bonds. The maximum Gasteiger partial charge on any atom is 0.334 e. The second-order valence-corrected chi connectivity index (χ2v) is 7.57. The number of aliphatic imine (C=N–C) groups is 1. The van der Waals surface area contributed by atoms with E-state index in [1.807, 2.05) is 92.7 Å². The highest BCUT2D eigenvalue weighted by Crippen LogP contribution is 2.43. The molecule has 0 radical (unpaired) electrons. The summed E-state index contributed by atoms with van der Waals surface area (Å²) in [5.74, 6) is 0.549. The van der Waals surface area contributed by atoms with Crippen LogP contribution < -0.4 is 0 Å². The monoisotopic (exact) mass is 398 g/mol. The van der Waals surface area contributed by atoms with Crippen LogP contribution in [0.3, 0.4) is 0 Å². The molecule has 0 aromatic heterocycles. The van der Waals surface area contributed by atoms with Crippen LogP contribution in [0.5, 0.6) is 0 Å². The van der Waals surface area contributed by atoms with Crippen LogP contribution in [-0.4, -0.2) is 28.9 Å². The van der Waals surface area contributed by atoms with E-state index < -0.39 is 5.54 Å². The van der Waals surface area contributed by atoms with E-state index in [2.05, 4.69) is 17.0 Å². The van der Waals surface area contributed by atoms with Crippen molar-refractivity contribution in [3.8, 4) is 0 Å². The molecule has 0 saturated carbocycles. The Balaban J connectivity index is 1.86. The highest BCUT2D eigenvalue weighted by molar-refractivity contribution is 6.04. The molecule has 0 fully saturated rings. The molecule has 4 rings (SSSR count). The zero-order valence-electron chi connectivity index (χ0n) is 17.4. The lowest BCUT2D eigenvalue weighted by molar-refractivity contribution is -0.155. The highest BCUT2D eigenvalue weighted by Gasteiger charge is 2.54. The van der Waals surface area contributed by atoms with Gasteiger partial charge in [0, 0.05) is 12.1 Å². The molecule has 3 aromatic carbocycles. The molecule has 1 aliphatic rings. The summed E-state index contributed by atoms with van der Waals surface area (Å²) in [6, 6.07) is 29.9. The van der Waals surface area contributed by atoms with Gasteiger partial charge in [-0.1, -0.05) is 91.0 Å². The molecule has 152 valence electrons. The third-order valence-corrected chi connectivity index (χ3v) is 5.62. The fourth-order valence-electron chi connectivity index (χ4n) is 4.04. The first-order chi connectivity index (χ1) is 14.6. The normalized spacial score (nSPS) is 20.7. The Bertz CT molecular complexity index is 1020. The van der Waals surface area contributed by atoms with E-state index in [0.717, 1.165) is 22.5 Å². The fourth-order valence-corrected chi connectivity index (χ4v) is 4.04. The predicted molar refractivity (Wildman–Crippen MR) is 119 cm³/mol. The summed E-state index contributed by atoms with van der Waals surface area (Å²) in [7, 11) is 0. The number of carbonyl (C=O) groups excluding carboxylic acids is 1. The first kappa shape index (κ1) is 19.9. The van der Waals surface area contributed by atoms with Crippen LogP contribution >= 0.6 is 0 Å². The maximum atomic E-state index is 13.4. The molecule has 2 atom stereocenters. The van der Waals surface area contributed by atoms with Gasteiger partial charge in [-0.05, 0) is 25.0 Å². The van der Waals surface area contributed by atoms with Crippen molar-refractivity contribution in [2.24, 2.45) is 4.99 Å². The molecule has 0 bridgehead atoms. The van der Waals surface area contributed by atoms with Gasteiger partial charge in [0.1, 0.15) is 11.9 Å². The number of carbonyl (C=O) groups is 1. The summed E-state index contributed by atoms with van der Waals surface area (Å²) >= 11 is 0. The van der Waals surface area contributed by atoms with E-state index in [9.17, 15) is 4.79 Å². The van der Waals surface area contributed by atoms with Crippen molar-refractivity contribution < 1.29 is 9.53 Å². The quantitative estimate of drug-likeness (QED) is 0.548. The van der Waals surface area contributed by atoms with Crippen LogP contribution in [0.25, 0.3) is 0 Å². The van der Waals surface area contributed by atoms with Crippen molar-refractivity contribution in [2.45, 2.75) is 32.0 Å². The summed E-state index contributed by atoms with van der Waals surface area (Å²) in [5.41, 5.74) is 2.14. The molecule has 0 spiro atoms. The standard InChI is InChI=1S/C26H26N2O2/c1-3-30-25(29)26(2)23(21-15-9-5-10-16-21)27-24(22-17-11-6-12-18-22)28(26)19-20-13-7-4-8-14-20/h4-18,23H,3,19H2,1-2H3/t23-,26+/m0/s1. The molecule has 4 nitrogen and oxygen atoms in total. The summed E-state index contributed by atoms with van der Waals surface area (Å²) in [5, 5.41) is 0. The predicted octanol–water partition coefficient (Wildman–Crippen LogP) is 5.01. The third kappa shape index (κ3) is 3.61. The SMILES string of the molecule is CCOC(=O)[C@@]1(C)[C@H](c2ccccc2)N=C(c2ccccc2)N1Cc1ccccc1. The summed E-state index contributed by atoms with van der Waals surface area (Å²) < 4.78 is 5.58. The van der Waals surface area contributed by atoms with Crippen molar-refractivity contribution in [3.05, 3.63) is 108 Å². The van der Waals surface area contributed by atoms with Crippen LogP contribution in [0.1, 0.15) is 36.6 Å². The molecule has 0 unspecified atom stereocenters. The van der Waals surface area contributed by atoms with Gasteiger partial charge in [0.15, 0.2) is 5.54 Å². The number of ether oxygens (including phenoxy) is 1. The molecule has 1 heterocycles. The summed E-state index contributed by atoms with van der Waals surface area (Å²) in [6.07, 6.45) is 0. The molecule has 0 N–H and O–H groups in total. The number of benzene rings is 3. The average molecular weight is 399 g/mol. The largest absolute Gasteiger partial charge is 0.464 e. The Morgan fingerprint density at radius 1 is 0.933 bits per heavy atom. The zero-order valence-corrected chi connectivity index (χ0v) is 17.4. The first-order valence-electron chi connectivity index (χ1n) is 10.3. The first-order valence-corrected chi connectivity index (χ1v) is 10.3. The van der Waals surface area contributed by atoms with Gasteiger partial charge in [-0.15, -0.1) is 0 Å².